The third-order valence-electron chi connectivity index (χ3n) is 4.68. The molecule has 0 bridgehead atoms. The number of phenolic OH excluding ortho intramolecular Hbond substituents is 1. The van der Waals surface area contributed by atoms with Gasteiger partial charge in [0.2, 0.25) is 0 Å². The number of benzene rings is 2. The van der Waals surface area contributed by atoms with Crippen LogP contribution >= 0.6 is 0 Å². The fourth-order valence-electron chi connectivity index (χ4n) is 3.29. The average molecular weight is 367 g/mol. The zero-order chi connectivity index (χ0) is 18.6. The van der Waals surface area contributed by atoms with Crippen LogP contribution < -0.4 is 10.4 Å². The van der Waals surface area contributed by atoms with Crippen LogP contribution in [-0.2, 0) is 4.74 Å². The van der Waals surface area contributed by atoms with Crippen LogP contribution in [0.3, 0.4) is 0 Å². The molecule has 6 heteroatoms. The predicted octanol–water partition coefficient (Wildman–Crippen LogP) is 2.88. The number of phenols is 1. The van der Waals surface area contributed by atoms with Crippen LogP contribution in [0.5, 0.6) is 11.5 Å². The predicted molar refractivity (Wildman–Crippen MR) is 102 cm³/mol. The van der Waals surface area contributed by atoms with E-state index in [-0.39, 0.29) is 11.3 Å². The number of hydrogen-bond donors (Lipinski definition) is 1. The highest BCUT2D eigenvalue weighted by Crippen LogP contribution is 2.37. The number of hydrogen-bond acceptors (Lipinski definition) is 6. The van der Waals surface area contributed by atoms with Gasteiger partial charge in [-0.15, -0.1) is 0 Å². The fourth-order valence-corrected chi connectivity index (χ4v) is 3.29. The van der Waals surface area contributed by atoms with Crippen molar-refractivity contribution in [2.75, 3.05) is 39.5 Å². The van der Waals surface area contributed by atoms with Crippen LogP contribution in [-0.4, -0.2) is 49.5 Å². The summed E-state index contributed by atoms with van der Waals surface area (Å²) < 4.78 is 16.9. The van der Waals surface area contributed by atoms with Gasteiger partial charge in [0, 0.05) is 19.6 Å². The summed E-state index contributed by atoms with van der Waals surface area (Å²) in [6.45, 7) is 4.34. The van der Waals surface area contributed by atoms with Crippen molar-refractivity contribution in [3.8, 4) is 22.6 Å². The minimum absolute atomic E-state index is 0.0813. The molecule has 1 fully saturated rings. The molecule has 0 saturated carbocycles. The van der Waals surface area contributed by atoms with Crippen molar-refractivity contribution in [1.29, 1.82) is 0 Å². The number of para-hydroxylation sites is 1. The molecule has 140 valence electrons. The van der Waals surface area contributed by atoms with Crippen molar-refractivity contribution < 1.29 is 19.0 Å². The average Bonchev–Trinajstić information content (AvgIpc) is 2.70. The number of aromatic hydroxyl groups is 1. The maximum absolute atomic E-state index is 12.7. The topological polar surface area (TPSA) is 72.1 Å². The van der Waals surface area contributed by atoms with Crippen molar-refractivity contribution in [2.24, 2.45) is 0 Å². The molecule has 0 spiro atoms. The summed E-state index contributed by atoms with van der Waals surface area (Å²) in [4.78, 5) is 14.9. The summed E-state index contributed by atoms with van der Waals surface area (Å²) in [6.07, 6.45) is 0. The Labute approximate surface area is 156 Å². The minimum atomic E-state index is -0.531. The van der Waals surface area contributed by atoms with E-state index in [1.807, 2.05) is 30.3 Å². The lowest BCUT2D eigenvalue weighted by Gasteiger charge is -2.26. The Hall–Kier alpha value is -2.83. The zero-order valence-corrected chi connectivity index (χ0v) is 14.9. The van der Waals surface area contributed by atoms with Gasteiger partial charge in [-0.1, -0.05) is 36.4 Å². The van der Waals surface area contributed by atoms with E-state index in [1.165, 1.54) is 6.07 Å². The Kier molecular flexibility index (Phi) is 5.09. The number of nitrogens with zero attached hydrogens (tertiary/aromatic N) is 1. The zero-order valence-electron chi connectivity index (χ0n) is 14.9. The highest BCUT2D eigenvalue weighted by Gasteiger charge is 2.20. The van der Waals surface area contributed by atoms with Crippen LogP contribution in [0, 0.1) is 0 Å². The molecule has 1 aromatic heterocycles. The highest BCUT2D eigenvalue weighted by molar-refractivity contribution is 5.93. The van der Waals surface area contributed by atoms with Gasteiger partial charge in [0.15, 0.2) is 11.3 Å². The van der Waals surface area contributed by atoms with E-state index in [4.69, 9.17) is 13.9 Å². The lowest BCUT2D eigenvalue weighted by Crippen LogP contribution is -2.38. The Bertz CT molecular complexity index is 977. The summed E-state index contributed by atoms with van der Waals surface area (Å²) in [6, 6.07) is 14.3. The molecule has 1 aliphatic rings. The SMILES string of the molecule is O=c1oc2c(O)cccc2c(OCCN2CCOCC2)c1-c1ccccc1. The fraction of sp³-hybridized carbons (Fsp3) is 0.286. The van der Waals surface area contributed by atoms with Gasteiger partial charge in [-0.2, -0.15) is 0 Å². The van der Waals surface area contributed by atoms with Gasteiger partial charge >= 0.3 is 5.63 Å². The van der Waals surface area contributed by atoms with Crippen molar-refractivity contribution >= 4 is 11.0 Å². The summed E-state index contributed by atoms with van der Waals surface area (Å²) in [5.74, 6) is 0.360. The Morgan fingerprint density at radius 1 is 1.04 bits per heavy atom. The second-order valence-corrected chi connectivity index (χ2v) is 6.42. The first-order chi connectivity index (χ1) is 13.2. The Balaban J connectivity index is 1.73. The summed E-state index contributed by atoms with van der Waals surface area (Å²) >= 11 is 0. The van der Waals surface area contributed by atoms with Gasteiger partial charge < -0.3 is 19.0 Å². The molecule has 2 heterocycles. The number of ether oxygens (including phenoxy) is 2. The first-order valence-electron chi connectivity index (χ1n) is 9.01. The molecular weight excluding hydrogens is 346 g/mol. The Morgan fingerprint density at radius 2 is 1.81 bits per heavy atom. The van der Waals surface area contributed by atoms with E-state index < -0.39 is 5.63 Å². The normalized spacial score (nSPS) is 15.1. The molecule has 1 saturated heterocycles. The highest BCUT2D eigenvalue weighted by atomic mass is 16.5. The minimum Gasteiger partial charge on any atom is -0.504 e. The first-order valence-corrected chi connectivity index (χ1v) is 9.01. The number of rotatable bonds is 5. The molecule has 0 amide bonds. The lowest BCUT2D eigenvalue weighted by molar-refractivity contribution is 0.0323. The molecule has 0 aliphatic carbocycles. The van der Waals surface area contributed by atoms with Crippen LogP contribution in [0.15, 0.2) is 57.7 Å². The quantitative estimate of drug-likeness (QED) is 0.699. The molecule has 3 aromatic rings. The van der Waals surface area contributed by atoms with E-state index in [1.54, 1.807) is 12.1 Å². The third kappa shape index (κ3) is 3.67. The van der Waals surface area contributed by atoms with Crippen molar-refractivity contribution in [1.82, 2.24) is 4.90 Å². The molecule has 0 radical (unpaired) electrons. The van der Waals surface area contributed by atoms with Crippen LogP contribution in [0.25, 0.3) is 22.1 Å². The molecule has 0 unspecified atom stereocenters. The van der Waals surface area contributed by atoms with E-state index in [9.17, 15) is 9.90 Å². The van der Waals surface area contributed by atoms with E-state index in [0.29, 0.717) is 23.3 Å². The maximum Gasteiger partial charge on any atom is 0.348 e. The van der Waals surface area contributed by atoms with Gasteiger partial charge in [0.1, 0.15) is 17.9 Å². The van der Waals surface area contributed by atoms with Crippen molar-refractivity contribution in [2.45, 2.75) is 0 Å². The van der Waals surface area contributed by atoms with Crippen LogP contribution in [0.1, 0.15) is 0 Å². The molecule has 6 nitrogen and oxygen atoms in total. The summed E-state index contributed by atoms with van der Waals surface area (Å²) in [5, 5.41) is 10.7. The third-order valence-corrected chi connectivity index (χ3v) is 4.68. The molecule has 27 heavy (non-hydrogen) atoms. The van der Waals surface area contributed by atoms with Gasteiger partial charge in [0.05, 0.1) is 18.6 Å². The van der Waals surface area contributed by atoms with Gasteiger partial charge in [-0.05, 0) is 17.7 Å². The molecule has 1 N–H and O–H groups in total. The molecule has 1 aliphatic heterocycles. The van der Waals surface area contributed by atoms with Crippen LogP contribution in [0.2, 0.25) is 0 Å². The molecule has 0 atom stereocenters. The summed E-state index contributed by atoms with van der Waals surface area (Å²) in [7, 11) is 0. The van der Waals surface area contributed by atoms with E-state index >= 15 is 0 Å². The Morgan fingerprint density at radius 3 is 2.59 bits per heavy atom. The van der Waals surface area contributed by atoms with E-state index in [2.05, 4.69) is 4.90 Å². The van der Waals surface area contributed by atoms with Gasteiger partial charge in [-0.3, -0.25) is 4.90 Å². The lowest BCUT2D eigenvalue weighted by atomic mass is 10.0. The van der Waals surface area contributed by atoms with E-state index in [0.717, 1.165) is 38.4 Å². The first kappa shape index (κ1) is 17.6. The van der Waals surface area contributed by atoms with Crippen molar-refractivity contribution in [3.63, 3.8) is 0 Å². The molecular formula is C21H21NO5. The largest absolute Gasteiger partial charge is 0.504 e. The summed E-state index contributed by atoms with van der Waals surface area (Å²) in [5.41, 5.74) is 0.702. The standard InChI is InChI=1S/C21H21NO5/c23-17-8-4-7-16-19(17)27-21(24)18(15-5-2-1-3-6-15)20(16)26-14-11-22-9-12-25-13-10-22/h1-8,23H,9-14H2. The molecule has 4 rings (SSSR count). The van der Waals surface area contributed by atoms with Gasteiger partial charge in [-0.25, -0.2) is 4.79 Å². The second-order valence-electron chi connectivity index (χ2n) is 6.42. The number of morpholine rings is 1. The molecule has 2 aromatic carbocycles. The van der Waals surface area contributed by atoms with Crippen LogP contribution in [0.4, 0.5) is 0 Å². The second kappa shape index (κ2) is 7.82. The van der Waals surface area contributed by atoms with Gasteiger partial charge in [0.25, 0.3) is 0 Å². The maximum atomic E-state index is 12.7. The number of fused-ring (bicyclic) bond motifs is 1. The monoisotopic (exact) mass is 367 g/mol. The van der Waals surface area contributed by atoms with Crippen molar-refractivity contribution in [3.05, 3.63) is 59.0 Å². The smallest absolute Gasteiger partial charge is 0.348 e.